The van der Waals surface area contributed by atoms with Gasteiger partial charge >= 0.3 is 11.7 Å². The zero-order valence-corrected chi connectivity index (χ0v) is 15.3. The molecular weight excluding hydrogens is 360 g/mol. The molecule has 138 valence electrons. The van der Waals surface area contributed by atoms with E-state index in [1.54, 1.807) is 29.2 Å². The molecule has 1 saturated heterocycles. The van der Waals surface area contributed by atoms with Gasteiger partial charge in [-0.05, 0) is 42.0 Å². The Morgan fingerprint density at radius 2 is 2.12 bits per heavy atom. The van der Waals surface area contributed by atoms with Crippen LogP contribution in [0.4, 0.5) is 4.79 Å². The lowest BCUT2D eigenvalue weighted by Crippen LogP contribution is -2.44. The Morgan fingerprint density at radius 1 is 1.35 bits per heavy atom. The first-order chi connectivity index (χ1) is 12.4. The molecule has 0 bridgehead atoms. The number of hydrogen-bond acceptors (Lipinski definition) is 5. The van der Waals surface area contributed by atoms with Crippen LogP contribution in [0.2, 0.25) is 5.02 Å². The second-order valence-corrected chi connectivity index (χ2v) is 6.48. The number of likely N-dealkylation sites (tertiary alicyclic amines) is 1. The fraction of sp³-hybridized carbons (Fsp3) is 0.438. The summed E-state index contributed by atoms with van der Waals surface area (Å²) in [7, 11) is 0. The van der Waals surface area contributed by atoms with Gasteiger partial charge in [0.2, 0.25) is 5.91 Å². The molecule has 10 heteroatoms. The number of benzene rings is 1. The minimum Gasteiger partial charge on any atom is -0.338 e. The van der Waals surface area contributed by atoms with Crippen LogP contribution in [0, 0.1) is 0 Å². The predicted molar refractivity (Wildman–Crippen MR) is 94.5 cm³/mol. The van der Waals surface area contributed by atoms with Gasteiger partial charge < -0.3 is 9.80 Å². The Labute approximate surface area is 154 Å². The SMILES string of the molecule is CCN(C(C)=O)C1CCN(C(=O)n2nnn(-c3cccc(Cl)c3)c2=O)C1. The van der Waals surface area contributed by atoms with Gasteiger partial charge in [-0.2, -0.15) is 4.68 Å². The van der Waals surface area contributed by atoms with Crippen molar-refractivity contribution in [1.29, 1.82) is 0 Å². The van der Waals surface area contributed by atoms with Gasteiger partial charge in [-0.1, -0.05) is 17.7 Å². The first-order valence-corrected chi connectivity index (χ1v) is 8.67. The molecule has 2 heterocycles. The Bertz CT molecular complexity index is 892. The van der Waals surface area contributed by atoms with E-state index >= 15 is 0 Å². The molecule has 0 aliphatic carbocycles. The summed E-state index contributed by atoms with van der Waals surface area (Å²) >= 11 is 5.93. The number of aromatic nitrogens is 4. The molecule has 1 aromatic carbocycles. The summed E-state index contributed by atoms with van der Waals surface area (Å²) in [5.41, 5.74) is -0.241. The lowest BCUT2D eigenvalue weighted by atomic mass is 10.2. The van der Waals surface area contributed by atoms with Gasteiger partial charge in [0.1, 0.15) is 0 Å². The minimum absolute atomic E-state index is 0.0316. The molecule has 1 unspecified atom stereocenters. The molecule has 0 N–H and O–H groups in total. The molecule has 26 heavy (non-hydrogen) atoms. The predicted octanol–water partition coefficient (Wildman–Crippen LogP) is 0.993. The van der Waals surface area contributed by atoms with E-state index in [0.717, 1.165) is 9.36 Å². The number of likely N-dealkylation sites (N-methyl/N-ethyl adjacent to an activating group) is 1. The van der Waals surface area contributed by atoms with Crippen molar-refractivity contribution < 1.29 is 9.59 Å². The average molecular weight is 379 g/mol. The second-order valence-electron chi connectivity index (χ2n) is 6.04. The fourth-order valence-corrected chi connectivity index (χ4v) is 3.36. The van der Waals surface area contributed by atoms with Gasteiger partial charge in [0.05, 0.1) is 11.7 Å². The van der Waals surface area contributed by atoms with Crippen LogP contribution in [0.3, 0.4) is 0 Å². The molecule has 1 aliphatic heterocycles. The smallest absolute Gasteiger partial charge is 0.338 e. The lowest BCUT2D eigenvalue weighted by molar-refractivity contribution is -0.130. The molecule has 0 radical (unpaired) electrons. The summed E-state index contributed by atoms with van der Waals surface area (Å²) < 4.78 is 1.75. The van der Waals surface area contributed by atoms with E-state index in [1.807, 2.05) is 6.92 Å². The van der Waals surface area contributed by atoms with E-state index in [0.29, 0.717) is 36.8 Å². The Hall–Kier alpha value is -2.68. The van der Waals surface area contributed by atoms with Gasteiger partial charge in [0.15, 0.2) is 0 Å². The molecule has 1 atom stereocenters. The average Bonchev–Trinajstić information content (AvgIpc) is 3.22. The zero-order valence-electron chi connectivity index (χ0n) is 14.5. The van der Waals surface area contributed by atoms with Gasteiger partial charge in [-0.25, -0.2) is 9.59 Å². The van der Waals surface area contributed by atoms with Gasteiger partial charge in [0, 0.05) is 31.6 Å². The van der Waals surface area contributed by atoms with Crippen molar-refractivity contribution in [3.8, 4) is 5.69 Å². The maximum absolute atomic E-state index is 12.6. The minimum atomic E-state index is -0.667. The lowest BCUT2D eigenvalue weighted by Gasteiger charge is -2.26. The van der Waals surface area contributed by atoms with Gasteiger partial charge in [-0.3, -0.25) is 4.79 Å². The number of tetrazole rings is 1. The van der Waals surface area contributed by atoms with E-state index in [2.05, 4.69) is 10.4 Å². The molecule has 2 amide bonds. The van der Waals surface area contributed by atoms with Gasteiger partial charge in [-0.15, -0.1) is 4.68 Å². The first kappa shape index (κ1) is 18.1. The van der Waals surface area contributed by atoms with E-state index < -0.39 is 11.7 Å². The van der Waals surface area contributed by atoms with E-state index in [9.17, 15) is 14.4 Å². The number of amides is 2. The summed E-state index contributed by atoms with van der Waals surface area (Å²) in [5, 5.41) is 7.90. The molecule has 1 aliphatic rings. The monoisotopic (exact) mass is 378 g/mol. The van der Waals surface area contributed by atoms with E-state index in [-0.39, 0.29) is 11.9 Å². The van der Waals surface area contributed by atoms with Crippen molar-refractivity contribution in [3.05, 3.63) is 39.8 Å². The number of nitrogens with zero attached hydrogens (tertiary/aromatic N) is 6. The number of hydrogen-bond donors (Lipinski definition) is 0. The van der Waals surface area contributed by atoms with Crippen LogP contribution in [-0.4, -0.2) is 67.2 Å². The fourth-order valence-electron chi connectivity index (χ4n) is 3.18. The summed E-state index contributed by atoms with van der Waals surface area (Å²) in [6.45, 7) is 4.79. The largest absolute Gasteiger partial charge is 0.377 e. The normalized spacial score (nSPS) is 16.7. The van der Waals surface area contributed by atoms with Crippen LogP contribution in [0.15, 0.2) is 29.1 Å². The topological polar surface area (TPSA) is 93.3 Å². The summed E-state index contributed by atoms with van der Waals surface area (Å²) in [4.78, 5) is 40.1. The van der Waals surface area contributed by atoms with Crippen LogP contribution in [0.25, 0.3) is 5.69 Å². The van der Waals surface area contributed by atoms with Crippen LogP contribution >= 0.6 is 11.6 Å². The van der Waals surface area contributed by atoms with Crippen molar-refractivity contribution in [2.24, 2.45) is 0 Å². The maximum atomic E-state index is 12.6. The van der Waals surface area contributed by atoms with Crippen LogP contribution in [-0.2, 0) is 4.79 Å². The third-order valence-electron chi connectivity index (χ3n) is 4.44. The molecule has 9 nitrogen and oxygen atoms in total. The van der Waals surface area contributed by atoms with Crippen molar-refractivity contribution in [1.82, 2.24) is 29.6 Å². The molecule has 1 fully saturated rings. The number of carbonyl (C=O) groups excluding carboxylic acids is 2. The first-order valence-electron chi connectivity index (χ1n) is 8.29. The van der Waals surface area contributed by atoms with Gasteiger partial charge in [0.25, 0.3) is 0 Å². The highest BCUT2D eigenvalue weighted by molar-refractivity contribution is 6.30. The highest BCUT2D eigenvalue weighted by Crippen LogP contribution is 2.17. The van der Waals surface area contributed by atoms with Crippen molar-refractivity contribution >= 4 is 23.5 Å². The van der Waals surface area contributed by atoms with Crippen molar-refractivity contribution in [2.45, 2.75) is 26.3 Å². The molecule has 1 aromatic heterocycles. The number of halogens is 1. The molecule has 0 spiro atoms. The quantitative estimate of drug-likeness (QED) is 0.742. The van der Waals surface area contributed by atoms with Crippen molar-refractivity contribution in [3.63, 3.8) is 0 Å². The maximum Gasteiger partial charge on any atom is 0.377 e. The van der Waals surface area contributed by atoms with E-state index in [1.165, 1.54) is 11.8 Å². The van der Waals surface area contributed by atoms with Crippen LogP contribution < -0.4 is 5.69 Å². The zero-order chi connectivity index (χ0) is 18.8. The van der Waals surface area contributed by atoms with Crippen molar-refractivity contribution in [2.75, 3.05) is 19.6 Å². The Kier molecular flexibility index (Phi) is 5.08. The third-order valence-corrected chi connectivity index (χ3v) is 4.67. The van der Waals surface area contributed by atoms with E-state index in [4.69, 9.17) is 11.6 Å². The summed E-state index contributed by atoms with van der Waals surface area (Å²) in [6.07, 6.45) is 0.663. The molecule has 3 rings (SSSR count). The standard InChI is InChI=1S/C16H19ClN6O3/c1-3-21(11(2)24)14-7-8-20(10-14)15(25)23-16(26)22(18-19-23)13-6-4-5-12(17)9-13/h4-6,9,14H,3,7-8,10H2,1-2H3. The second kappa shape index (κ2) is 7.28. The number of rotatable bonds is 3. The highest BCUT2D eigenvalue weighted by Gasteiger charge is 2.33. The van der Waals surface area contributed by atoms with Crippen LogP contribution in [0.5, 0.6) is 0 Å². The molecule has 2 aromatic rings. The highest BCUT2D eigenvalue weighted by atomic mass is 35.5. The summed E-state index contributed by atoms with van der Waals surface area (Å²) in [6, 6.07) is 5.95. The number of carbonyl (C=O) groups is 2. The Morgan fingerprint density at radius 3 is 2.77 bits per heavy atom. The summed E-state index contributed by atoms with van der Waals surface area (Å²) in [5.74, 6) is -0.0316. The third kappa shape index (κ3) is 3.34. The molecule has 0 saturated carbocycles. The molecular formula is C16H19ClN6O3. The van der Waals surface area contributed by atoms with Crippen LogP contribution in [0.1, 0.15) is 20.3 Å². The Balaban J connectivity index is 1.80.